The molecule has 5 heteroatoms. The summed E-state index contributed by atoms with van der Waals surface area (Å²) in [5, 5.41) is 2.83. The minimum Gasteiger partial charge on any atom is -0.329 e. The van der Waals surface area contributed by atoms with Gasteiger partial charge in [0.1, 0.15) is 5.82 Å². The molecule has 3 N–H and O–H groups in total. The third-order valence-electron chi connectivity index (χ3n) is 3.06. The van der Waals surface area contributed by atoms with Crippen molar-refractivity contribution in [3.05, 3.63) is 22.3 Å². The number of nitrogens with one attached hydrogen (secondary N) is 1. The van der Waals surface area contributed by atoms with Gasteiger partial charge in [-0.3, -0.25) is 4.79 Å². The van der Waals surface area contributed by atoms with Gasteiger partial charge in [-0.25, -0.2) is 4.98 Å². The van der Waals surface area contributed by atoms with Crippen LogP contribution in [0.4, 0.5) is 5.82 Å². The smallest absolute Gasteiger partial charge is 0.232 e. The molecule has 0 aromatic carbocycles. The highest BCUT2D eigenvalue weighted by molar-refractivity contribution is 9.10. The van der Waals surface area contributed by atoms with Gasteiger partial charge in [-0.1, -0.05) is 6.92 Å². The third-order valence-corrected chi connectivity index (χ3v) is 3.49. The Morgan fingerprint density at radius 3 is 2.76 bits per heavy atom. The second kappa shape index (κ2) is 5.60. The molecule has 0 radical (unpaired) electrons. The van der Waals surface area contributed by atoms with Crippen LogP contribution in [0.5, 0.6) is 0 Å². The number of hydrogen-bond acceptors (Lipinski definition) is 3. The molecule has 0 fully saturated rings. The van der Waals surface area contributed by atoms with Gasteiger partial charge in [-0.05, 0) is 47.8 Å². The van der Waals surface area contributed by atoms with Crippen LogP contribution in [0.2, 0.25) is 0 Å². The molecule has 1 amide bonds. The van der Waals surface area contributed by atoms with E-state index in [1.165, 1.54) is 0 Å². The Labute approximate surface area is 110 Å². The summed E-state index contributed by atoms with van der Waals surface area (Å²) in [7, 11) is 0. The number of rotatable bonds is 4. The number of amides is 1. The van der Waals surface area contributed by atoms with Crippen LogP contribution in [-0.2, 0) is 4.79 Å². The maximum absolute atomic E-state index is 12.1. The first-order valence-electron chi connectivity index (χ1n) is 5.56. The summed E-state index contributed by atoms with van der Waals surface area (Å²) >= 11 is 3.33. The summed E-state index contributed by atoms with van der Waals surface area (Å²) in [6.45, 7) is 6.04. The molecule has 94 valence electrons. The van der Waals surface area contributed by atoms with Crippen LogP contribution in [0.3, 0.4) is 0 Å². The molecule has 0 saturated carbocycles. The van der Waals surface area contributed by atoms with E-state index in [1.807, 2.05) is 26.8 Å². The molecule has 0 aliphatic heterocycles. The second-order valence-corrected chi connectivity index (χ2v) is 5.31. The highest BCUT2D eigenvalue weighted by atomic mass is 79.9. The molecule has 1 aromatic heterocycles. The average molecular weight is 300 g/mol. The molecule has 1 rings (SSSR count). The van der Waals surface area contributed by atoms with E-state index in [9.17, 15) is 4.79 Å². The number of nitrogens with zero attached hydrogens (tertiary/aromatic N) is 1. The highest BCUT2D eigenvalue weighted by Gasteiger charge is 2.30. The first kappa shape index (κ1) is 14.1. The Hall–Kier alpha value is -0.940. The quantitative estimate of drug-likeness (QED) is 0.897. The van der Waals surface area contributed by atoms with Gasteiger partial charge in [0, 0.05) is 17.2 Å². The van der Waals surface area contributed by atoms with Gasteiger partial charge in [0.25, 0.3) is 0 Å². The van der Waals surface area contributed by atoms with Crippen molar-refractivity contribution in [2.45, 2.75) is 27.2 Å². The highest BCUT2D eigenvalue weighted by Crippen LogP contribution is 2.23. The van der Waals surface area contributed by atoms with Gasteiger partial charge in [0.15, 0.2) is 0 Å². The van der Waals surface area contributed by atoms with E-state index >= 15 is 0 Å². The number of aromatic nitrogens is 1. The molecule has 0 spiro atoms. The van der Waals surface area contributed by atoms with Gasteiger partial charge in [0.2, 0.25) is 5.91 Å². The lowest BCUT2D eigenvalue weighted by Gasteiger charge is -2.25. The minimum atomic E-state index is -0.540. The van der Waals surface area contributed by atoms with Crippen LogP contribution in [0, 0.1) is 12.3 Å². The number of pyridine rings is 1. The van der Waals surface area contributed by atoms with Crippen LogP contribution in [0.1, 0.15) is 25.8 Å². The molecule has 17 heavy (non-hydrogen) atoms. The van der Waals surface area contributed by atoms with Crippen molar-refractivity contribution in [2.24, 2.45) is 11.1 Å². The van der Waals surface area contributed by atoms with E-state index in [-0.39, 0.29) is 5.91 Å². The van der Waals surface area contributed by atoms with Crippen LogP contribution < -0.4 is 11.1 Å². The zero-order valence-corrected chi connectivity index (χ0v) is 12.0. The fourth-order valence-electron chi connectivity index (χ4n) is 1.33. The van der Waals surface area contributed by atoms with E-state index in [2.05, 4.69) is 26.2 Å². The zero-order valence-electron chi connectivity index (χ0n) is 10.4. The first-order chi connectivity index (χ1) is 7.92. The molecule has 0 bridgehead atoms. The second-order valence-electron chi connectivity index (χ2n) is 4.39. The molecular formula is C12H18BrN3O. The monoisotopic (exact) mass is 299 g/mol. The third kappa shape index (κ3) is 3.26. The number of anilines is 1. The molecule has 0 aliphatic rings. The van der Waals surface area contributed by atoms with Gasteiger partial charge >= 0.3 is 0 Å². The summed E-state index contributed by atoms with van der Waals surface area (Å²) in [4.78, 5) is 16.3. The summed E-state index contributed by atoms with van der Waals surface area (Å²) in [6.07, 6.45) is 2.36. The number of nitrogens with two attached hydrogens (primary N) is 1. The summed E-state index contributed by atoms with van der Waals surface area (Å²) < 4.78 is 0.894. The van der Waals surface area contributed by atoms with E-state index < -0.39 is 5.41 Å². The maximum Gasteiger partial charge on any atom is 0.232 e. The fourth-order valence-corrected chi connectivity index (χ4v) is 1.77. The van der Waals surface area contributed by atoms with Crippen LogP contribution in [0.25, 0.3) is 0 Å². The van der Waals surface area contributed by atoms with Crippen LogP contribution in [-0.4, -0.2) is 17.4 Å². The van der Waals surface area contributed by atoms with Gasteiger partial charge in [-0.2, -0.15) is 0 Å². The lowest BCUT2D eigenvalue weighted by atomic mass is 9.86. The van der Waals surface area contributed by atoms with Crippen molar-refractivity contribution in [2.75, 3.05) is 11.9 Å². The van der Waals surface area contributed by atoms with Gasteiger partial charge in [-0.15, -0.1) is 0 Å². The normalized spacial score (nSPS) is 14.2. The van der Waals surface area contributed by atoms with Crippen molar-refractivity contribution in [1.29, 1.82) is 0 Å². The molecule has 1 unspecified atom stereocenters. The topological polar surface area (TPSA) is 68.0 Å². The van der Waals surface area contributed by atoms with Gasteiger partial charge in [0.05, 0.1) is 5.41 Å². The van der Waals surface area contributed by atoms with Crippen molar-refractivity contribution < 1.29 is 4.79 Å². The van der Waals surface area contributed by atoms with Crippen LogP contribution in [0.15, 0.2) is 16.7 Å². The van der Waals surface area contributed by atoms with E-state index in [4.69, 9.17) is 5.73 Å². The number of carbonyl (C=O) groups excluding carboxylic acids is 1. The predicted octanol–water partition coefficient (Wildman–Crippen LogP) is 2.47. The van der Waals surface area contributed by atoms with Crippen molar-refractivity contribution in [3.8, 4) is 0 Å². The SMILES string of the molecule is CCC(C)(CN)C(=O)Nc1ncc(Br)cc1C. The van der Waals surface area contributed by atoms with Gasteiger partial charge < -0.3 is 11.1 Å². The lowest BCUT2D eigenvalue weighted by molar-refractivity contribution is -0.124. The van der Waals surface area contributed by atoms with E-state index in [1.54, 1.807) is 6.20 Å². The lowest BCUT2D eigenvalue weighted by Crippen LogP contribution is -2.39. The zero-order chi connectivity index (χ0) is 13.1. The Balaban J connectivity index is 2.88. The summed E-state index contributed by atoms with van der Waals surface area (Å²) in [5.41, 5.74) is 6.02. The molecule has 1 atom stereocenters. The molecule has 0 aliphatic carbocycles. The Kier molecular flexibility index (Phi) is 4.65. The number of hydrogen-bond donors (Lipinski definition) is 2. The van der Waals surface area contributed by atoms with Crippen molar-refractivity contribution in [3.63, 3.8) is 0 Å². The largest absolute Gasteiger partial charge is 0.329 e. The summed E-state index contributed by atoms with van der Waals surface area (Å²) in [6, 6.07) is 1.91. The predicted molar refractivity (Wildman–Crippen MR) is 72.8 cm³/mol. The standard InChI is InChI=1S/C12H18BrN3O/c1-4-12(3,7-14)11(17)16-10-8(2)5-9(13)6-15-10/h5-6H,4,7,14H2,1-3H3,(H,15,16,17). The first-order valence-corrected chi connectivity index (χ1v) is 6.36. The molecule has 1 aromatic rings. The number of halogens is 1. The molecular weight excluding hydrogens is 282 g/mol. The molecule has 0 saturated heterocycles. The average Bonchev–Trinajstić information content (AvgIpc) is 2.31. The van der Waals surface area contributed by atoms with Crippen LogP contribution >= 0.6 is 15.9 Å². The van der Waals surface area contributed by atoms with Crippen molar-refractivity contribution in [1.82, 2.24) is 4.98 Å². The number of aryl methyl sites for hydroxylation is 1. The fraction of sp³-hybridized carbons (Fsp3) is 0.500. The van der Waals surface area contributed by atoms with E-state index in [0.29, 0.717) is 18.8 Å². The Morgan fingerprint density at radius 1 is 1.65 bits per heavy atom. The van der Waals surface area contributed by atoms with Crippen molar-refractivity contribution >= 4 is 27.7 Å². The minimum absolute atomic E-state index is 0.0829. The Bertz CT molecular complexity index is 416. The maximum atomic E-state index is 12.1. The molecule has 1 heterocycles. The Morgan fingerprint density at radius 2 is 2.29 bits per heavy atom. The molecule has 4 nitrogen and oxygen atoms in total. The summed E-state index contributed by atoms with van der Waals surface area (Å²) in [5.74, 6) is 0.506. The number of carbonyl (C=O) groups is 1. The van der Waals surface area contributed by atoms with E-state index in [0.717, 1.165) is 10.0 Å².